The Morgan fingerprint density at radius 3 is 2.81 bits per heavy atom. The van der Waals surface area contributed by atoms with Crippen molar-refractivity contribution < 1.29 is 13.5 Å². The molecule has 5 heteroatoms. The van der Waals surface area contributed by atoms with E-state index in [0.29, 0.717) is 5.92 Å². The summed E-state index contributed by atoms with van der Waals surface area (Å²) in [5.74, 6) is 0.429. The quantitative estimate of drug-likeness (QED) is 0.839. The highest BCUT2D eigenvalue weighted by Crippen LogP contribution is 2.34. The number of phenolic OH excluding ortho intramolecular Hbond substituents is 1. The molecule has 1 fully saturated rings. The van der Waals surface area contributed by atoms with Gasteiger partial charge in [0.15, 0.2) is 0 Å². The van der Waals surface area contributed by atoms with Crippen molar-refractivity contribution in [3.63, 3.8) is 0 Å². The fraction of sp³-hybridized carbons (Fsp3) is 0.455. The molecule has 0 spiro atoms. The summed E-state index contributed by atoms with van der Waals surface area (Å²) >= 11 is 0. The molecule has 1 aliphatic rings. The van der Waals surface area contributed by atoms with Gasteiger partial charge in [0.2, 0.25) is 10.0 Å². The first-order valence-electron chi connectivity index (χ1n) is 5.34. The number of aromatic hydroxyl groups is 1. The fourth-order valence-electron chi connectivity index (χ4n) is 1.76. The highest BCUT2D eigenvalue weighted by molar-refractivity contribution is 7.89. The lowest BCUT2D eigenvalue weighted by atomic mass is 10.3. The molecule has 0 aliphatic heterocycles. The van der Waals surface area contributed by atoms with Crippen LogP contribution >= 0.6 is 0 Å². The number of rotatable bonds is 4. The van der Waals surface area contributed by atoms with Crippen molar-refractivity contribution in [2.45, 2.75) is 30.7 Å². The van der Waals surface area contributed by atoms with Gasteiger partial charge >= 0.3 is 0 Å². The molecule has 1 aromatic rings. The number of phenols is 1. The first kappa shape index (κ1) is 11.4. The van der Waals surface area contributed by atoms with Gasteiger partial charge in [0.1, 0.15) is 5.75 Å². The van der Waals surface area contributed by atoms with E-state index in [9.17, 15) is 13.5 Å². The van der Waals surface area contributed by atoms with Crippen molar-refractivity contribution in [3.05, 3.63) is 24.3 Å². The number of sulfonamides is 1. The van der Waals surface area contributed by atoms with E-state index < -0.39 is 10.0 Å². The Morgan fingerprint density at radius 1 is 1.50 bits per heavy atom. The van der Waals surface area contributed by atoms with Gasteiger partial charge in [-0.25, -0.2) is 13.1 Å². The first-order chi connectivity index (χ1) is 7.53. The van der Waals surface area contributed by atoms with E-state index in [4.69, 9.17) is 0 Å². The molecule has 0 aromatic heterocycles. The molecular weight excluding hydrogens is 226 g/mol. The summed E-state index contributed by atoms with van der Waals surface area (Å²) in [4.78, 5) is 0.120. The van der Waals surface area contributed by atoms with E-state index in [1.54, 1.807) is 0 Å². The molecule has 1 aromatic carbocycles. The Kier molecular flexibility index (Phi) is 2.90. The average Bonchev–Trinajstić information content (AvgIpc) is 2.95. The highest BCUT2D eigenvalue weighted by Gasteiger charge is 2.38. The summed E-state index contributed by atoms with van der Waals surface area (Å²) in [5, 5.41) is 9.23. The van der Waals surface area contributed by atoms with E-state index in [-0.39, 0.29) is 16.7 Å². The van der Waals surface area contributed by atoms with Crippen LogP contribution in [0.2, 0.25) is 0 Å². The van der Waals surface area contributed by atoms with Gasteiger partial charge in [0.05, 0.1) is 4.90 Å². The molecule has 2 unspecified atom stereocenters. The average molecular weight is 241 g/mol. The molecule has 0 saturated heterocycles. The van der Waals surface area contributed by atoms with Crippen LogP contribution in [-0.2, 0) is 10.0 Å². The summed E-state index contributed by atoms with van der Waals surface area (Å²) in [7, 11) is -3.47. The van der Waals surface area contributed by atoms with E-state index in [0.717, 1.165) is 12.8 Å². The predicted molar refractivity (Wildman–Crippen MR) is 60.6 cm³/mol. The van der Waals surface area contributed by atoms with Gasteiger partial charge < -0.3 is 5.11 Å². The van der Waals surface area contributed by atoms with Gasteiger partial charge in [0, 0.05) is 6.04 Å². The minimum atomic E-state index is -3.47. The lowest BCUT2D eigenvalue weighted by molar-refractivity contribution is 0.473. The first-order valence-corrected chi connectivity index (χ1v) is 6.82. The molecule has 88 valence electrons. The second-order valence-corrected chi connectivity index (χ2v) is 5.84. The van der Waals surface area contributed by atoms with Crippen LogP contribution in [0.4, 0.5) is 0 Å². The topological polar surface area (TPSA) is 66.4 Å². The van der Waals surface area contributed by atoms with E-state index in [2.05, 4.69) is 4.72 Å². The summed E-state index contributed by atoms with van der Waals surface area (Å²) in [6.07, 6.45) is 1.90. The normalized spacial score (nSPS) is 24.3. The second kappa shape index (κ2) is 4.07. The standard InChI is InChI=1S/C11H15NO3S/c1-2-8-6-11(8)12-16(14,15)10-5-3-4-9(13)7-10/h3-5,7-8,11-13H,2,6H2,1H3. The third-order valence-corrected chi connectivity index (χ3v) is 4.37. The lowest BCUT2D eigenvalue weighted by Crippen LogP contribution is -2.26. The molecule has 0 heterocycles. The molecule has 2 atom stereocenters. The van der Waals surface area contributed by atoms with Gasteiger partial charge in [-0.3, -0.25) is 0 Å². The van der Waals surface area contributed by atoms with Crippen LogP contribution in [-0.4, -0.2) is 19.6 Å². The lowest BCUT2D eigenvalue weighted by Gasteiger charge is -2.06. The molecule has 0 bridgehead atoms. The second-order valence-electron chi connectivity index (χ2n) is 4.13. The van der Waals surface area contributed by atoms with Crippen molar-refractivity contribution >= 4 is 10.0 Å². The predicted octanol–water partition coefficient (Wildman–Crippen LogP) is 1.47. The van der Waals surface area contributed by atoms with Gasteiger partial charge in [-0.15, -0.1) is 0 Å². The van der Waals surface area contributed by atoms with Gasteiger partial charge in [-0.2, -0.15) is 0 Å². The Labute approximate surface area is 95.4 Å². The molecule has 2 rings (SSSR count). The number of nitrogens with one attached hydrogen (secondary N) is 1. The maximum atomic E-state index is 11.9. The van der Waals surface area contributed by atoms with Crippen LogP contribution < -0.4 is 4.72 Å². The summed E-state index contributed by atoms with van der Waals surface area (Å²) in [5.41, 5.74) is 0. The molecule has 16 heavy (non-hydrogen) atoms. The fourth-order valence-corrected chi connectivity index (χ4v) is 3.12. The Morgan fingerprint density at radius 2 is 2.25 bits per heavy atom. The molecule has 1 saturated carbocycles. The van der Waals surface area contributed by atoms with Crippen molar-refractivity contribution in [1.82, 2.24) is 4.72 Å². The van der Waals surface area contributed by atoms with Crippen LogP contribution in [0.1, 0.15) is 19.8 Å². The summed E-state index contributed by atoms with van der Waals surface area (Å²) in [6, 6.07) is 5.77. The molecule has 1 aliphatic carbocycles. The molecule has 4 nitrogen and oxygen atoms in total. The zero-order chi connectivity index (χ0) is 11.8. The molecule has 0 amide bonds. The van der Waals surface area contributed by atoms with Crippen LogP contribution in [0, 0.1) is 5.92 Å². The van der Waals surface area contributed by atoms with Crippen LogP contribution in [0.15, 0.2) is 29.2 Å². The smallest absolute Gasteiger partial charge is 0.240 e. The minimum Gasteiger partial charge on any atom is -0.508 e. The van der Waals surface area contributed by atoms with Crippen LogP contribution in [0.25, 0.3) is 0 Å². The van der Waals surface area contributed by atoms with Crippen molar-refractivity contribution in [2.24, 2.45) is 5.92 Å². The molecule has 0 radical (unpaired) electrons. The monoisotopic (exact) mass is 241 g/mol. The SMILES string of the molecule is CCC1CC1NS(=O)(=O)c1cccc(O)c1. The highest BCUT2D eigenvalue weighted by atomic mass is 32.2. The van der Waals surface area contributed by atoms with E-state index >= 15 is 0 Å². The van der Waals surface area contributed by atoms with Gasteiger partial charge in [0.25, 0.3) is 0 Å². The maximum Gasteiger partial charge on any atom is 0.240 e. The van der Waals surface area contributed by atoms with Gasteiger partial charge in [-0.05, 0) is 30.5 Å². The Hall–Kier alpha value is -1.07. The van der Waals surface area contributed by atoms with E-state index in [1.807, 2.05) is 6.92 Å². The summed E-state index contributed by atoms with van der Waals surface area (Å²) in [6.45, 7) is 2.05. The molecule has 2 N–H and O–H groups in total. The third kappa shape index (κ3) is 2.36. The van der Waals surface area contributed by atoms with Crippen molar-refractivity contribution in [2.75, 3.05) is 0 Å². The van der Waals surface area contributed by atoms with E-state index in [1.165, 1.54) is 24.3 Å². The van der Waals surface area contributed by atoms with Crippen LogP contribution in [0.3, 0.4) is 0 Å². The van der Waals surface area contributed by atoms with Crippen molar-refractivity contribution in [3.8, 4) is 5.75 Å². The minimum absolute atomic E-state index is 0.0364. The maximum absolute atomic E-state index is 11.9. The van der Waals surface area contributed by atoms with Gasteiger partial charge in [-0.1, -0.05) is 19.4 Å². The largest absolute Gasteiger partial charge is 0.508 e. The third-order valence-electron chi connectivity index (χ3n) is 2.88. The molecular formula is C11H15NO3S. The zero-order valence-electron chi connectivity index (χ0n) is 9.05. The Balaban J connectivity index is 2.14. The Bertz CT molecular complexity index is 484. The van der Waals surface area contributed by atoms with Crippen molar-refractivity contribution in [1.29, 1.82) is 0 Å². The number of hydrogen-bond acceptors (Lipinski definition) is 3. The number of benzene rings is 1. The number of hydrogen-bond donors (Lipinski definition) is 2. The zero-order valence-corrected chi connectivity index (χ0v) is 9.87. The summed E-state index contributed by atoms with van der Waals surface area (Å²) < 4.78 is 26.4. The van der Waals surface area contributed by atoms with Crippen LogP contribution in [0.5, 0.6) is 5.75 Å².